The van der Waals surface area contributed by atoms with Gasteiger partial charge in [-0.05, 0) is 12.5 Å². The van der Waals surface area contributed by atoms with Crippen LogP contribution in [0.5, 0.6) is 0 Å². The van der Waals surface area contributed by atoms with E-state index >= 15 is 0 Å². The highest BCUT2D eigenvalue weighted by molar-refractivity contribution is 5.98. The first-order valence-corrected chi connectivity index (χ1v) is 7.45. The summed E-state index contributed by atoms with van der Waals surface area (Å²) in [7, 11) is 0. The van der Waals surface area contributed by atoms with Crippen LogP contribution in [0.25, 0.3) is 0 Å². The first-order chi connectivity index (χ1) is 12.3. The summed E-state index contributed by atoms with van der Waals surface area (Å²) in [6, 6.07) is 9.38. The summed E-state index contributed by atoms with van der Waals surface area (Å²) in [4.78, 5) is 44.1. The molecular formula is C17H14N2O7. The standard InChI is InChI=1S/C17H14N2O7/c1-11-2-5-13(9-15(11)19(24)25)16(20)10-26-17(21)8-12-3-6-14(7-4-12)18(22)23/h2-7,9H,8,10H2,1H3. The number of benzene rings is 2. The molecule has 0 unspecified atom stereocenters. The molecule has 0 bridgehead atoms. The van der Waals surface area contributed by atoms with Crippen LogP contribution < -0.4 is 0 Å². The van der Waals surface area contributed by atoms with Gasteiger partial charge in [0.05, 0.1) is 16.3 Å². The second-order valence-electron chi connectivity index (χ2n) is 5.44. The Bertz CT molecular complexity index is 875. The highest BCUT2D eigenvalue weighted by Crippen LogP contribution is 2.19. The van der Waals surface area contributed by atoms with Gasteiger partial charge in [-0.3, -0.25) is 29.8 Å². The molecule has 0 atom stereocenters. The van der Waals surface area contributed by atoms with E-state index in [0.29, 0.717) is 11.1 Å². The Morgan fingerprint density at radius 3 is 2.23 bits per heavy atom. The van der Waals surface area contributed by atoms with Gasteiger partial charge in [-0.15, -0.1) is 0 Å². The van der Waals surface area contributed by atoms with Gasteiger partial charge in [-0.25, -0.2) is 0 Å². The lowest BCUT2D eigenvalue weighted by Crippen LogP contribution is -2.16. The van der Waals surface area contributed by atoms with Gasteiger partial charge >= 0.3 is 5.97 Å². The number of carbonyl (C=O) groups is 2. The molecule has 9 heteroatoms. The number of nitrogens with zero attached hydrogens (tertiary/aromatic N) is 2. The maximum atomic E-state index is 12.0. The lowest BCUT2D eigenvalue weighted by molar-refractivity contribution is -0.385. The molecule has 0 spiro atoms. The minimum absolute atomic E-state index is 0.0745. The first-order valence-electron chi connectivity index (χ1n) is 7.45. The molecule has 0 aliphatic heterocycles. The Hall–Kier alpha value is -3.62. The second kappa shape index (κ2) is 7.97. The summed E-state index contributed by atoms with van der Waals surface area (Å²) in [6.07, 6.45) is -0.153. The molecule has 0 fully saturated rings. The molecular weight excluding hydrogens is 344 g/mol. The van der Waals surface area contributed by atoms with Crippen molar-refractivity contribution in [1.82, 2.24) is 0 Å². The third-order valence-electron chi connectivity index (χ3n) is 3.59. The van der Waals surface area contributed by atoms with Crippen molar-refractivity contribution < 1.29 is 24.2 Å². The molecule has 134 valence electrons. The van der Waals surface area contributed by atoms with Gasteiger partial charge < -0.3 is 4.74 Å². The SMILES string of the molecule is Cc1ccc(C(=O)COC(=O)Cc2ccc([N+](=O)[O-])cc2)cc1[N+](=O)[O-]. The Kier molecular flexibility index (Phi) is 5.74. The number of nitro groups is 2. The summed E-state index contributed by atoms with van der Waals surface area (Å²) in [5, 5.41) is 21.5. The fourth-order valence-corrected chi connectivity index (χ4v) is 2.16. The summed E-state index contributed by atoms with van der Waals surface area (Å²) in [5.41, 5.74) is 0.706. The molecule has 2 aromatic rings. The zero-order valence-electron chi connectivity index (χ0n) is 13.7. The van der Waals surface area contributed by atoms with Crippen molar-refractivity contribution in [2.45, 2.75) is 13.3 Å². The molecule has 0 heterocycles. The molecule has 0 N–H and O–H groups in total. The summed E-state index contributed by atoms with van der Waals surface area (Å²) < 4.78 is 4.88. The normalized spacial score (nSPS) is 10.2. The summed E-state index contributed by atoms with van der Waals surface area (Å²) >= 11 is 0. The van der Waals surface area contributed by atoms with E-state index in [9.17, 15) is 29.8 Å². The minimum atomic E-state index is -0.686. The van der Waals surface area contributed by atoms with E-state index in [1.807, 2.05) is 0 Å². The number of carbonyl (C=O) groups excluding carboxylic acids is 2. The number of Topliss-reactive ketones (excluding diaryl/α,β-unsaturated/α-hetero) is 1. The smallest absolute Gasteiger partial charge is 0.310 e. The Balaban J connectivity index is 1.94. The van der Waals surface area contributed by atoms with Crippen molar-refractivity contribution in [3.63, 3.8) is 0 Å². The van der Waals surface area contributed by atoms with E-state index in [4.69, 9.17) is 4.74 Å². The number of hydrogen-bond acceptors (Lipinski definition) is 7. The number of nitro benzene ring substituents is 2. The van der Waals surface area contributed by atoms with Crippen molar-refractivity contribution in [1.29, 1.82) is 0 Å². The van der Waals surface area contributed by atoms with Crippen LogP contribution in [0.4, 0.5) is 11.4 Å². The first kappa shape index (κ1) is 18.7. The van der Waals surface area contributed by atoms with Crippen LogP contribution in [0.15, 0.2) is 42.5 Å². The van der Waals surface area contributed by atoms with Gasteiger partial charge in [0.25, 0.3) is 11.4 Å². The van der Waals surface area contributed by atoms with Crippen LogP contribution in [0, 0.1) is 27.2 Å². The average molecular weight is 358 g/mol. The molecule has 0 radical (unpaired) electrons. The molecule has 0 aromatic heterocycles. The molecule has 0 saturated heterocycles. The number of hydrogen-bond donors (Lipinski definition) is 0. The van der Waals surface area contributed by atoms with Gasteiger partial charge in [0.1, 0.15) is 0 Å². The van der Waals surface area contributed by atoms with Crippen LogP contribution in [0.3, 0.4) is 0 Å². The van der Waals surface area contributed by atoms with Gasteiger partial charge in [-0.2, -0.15) is 0 Å². The maximum Gasteiger partial charge on any atom is 0.310 e. The van der Waals surface area contributed by atoms with Gasteiger partial charge in [0.15, 0.2) is 6.61 Å². The highest BCUT2D eigenvalue weighted by Gasteiger charge is 2.16. The highest BCUT2D eigenvalue weighted by atomic mass is 16.6. The number of ether oxygens (including phenoxy) is 1. The zero-order chi connectivity index (χ0) is 19.3. The number of aryl methyl sites for hydroxylation is 1. The average Bonchev–Trinajstić information content (AvgIpc) is 2.60. The Morgan fingerprint density at radius 1 is 1.00 bits per heavy atom. The van der Waals surface area contributed by atoms with Crippen molar-refractivity contribution in [2.75, 3.05) is 6.61 Å². The summed E-state index contributed by atoms with van der Waals surface area (Å²) in [5.74, 6) is -1.25. The lowest BCUT2D eigenvalue weighted by atomic mass is 10.1. The van der Waals surface area contributed by atoms with E-state index in [-0.39, 0.29) is 23.4 Å². The quantitative estimate of drug-likeness (QED) is 0.322. The number of ketones is 1. The Labute approximate surface area is 147 Å². The molecule has 0 aliphatic rings. The molecule has 2 rings (SSSR count). The van der Waals surface area contributed by atoms with Crippen LogP contribution >= 0.6 is 0 Å². The van der Waals surface area contributed by atoms with E-state index < -0.39 is 28.2 Å². The molecule has 0 amide bonds. The van der Waals surface area contributed by atoms with Crippen LogP contribution in [-0.2, 0) is 16.0 Å². The summed E-state index contributed by atoms with van der Waals surface area (Å²) in [6.45, 7) is 1.00. The van der Waals surface area contributed by atoms with Crippen LogP contribution in [0.2, 0.25) is 0 Å². The molecule has 0 saturated carbocycles. The molecule has 9 nitrogen and oxygen atoms in total. The van der Waals surface area contributed by atoms with E-state index in [2.05, 4.69) is 0 Å². The van der Waals surface area contributed by atoms with Gasteiger partial charge in [0, 0.05) is 29.3 Å². The van der Waals surface area contributed by atoms with Crippen LogP contribution in [-0.4, -0.2) is 28.2 Å². The maximum absolute atomic E-state index is 12.0. The van der Waals surface area contributed by atoms with E-state index in [1.165, 1.54) is 36.4 Å². The monoisotopic (exact) mass is 358 g/mol. The molecule has 0 aliphatic carbocycles. The predicted molar refractivity (Wildman–Crippen MR) is 89.9 cm³/mol. The Morgan fingerprint density at radius 2 is 1.65 bits per heavy atom. The van der Waals surface area contributed by atoms with Crippen molar-refractivity contribution in [3.8, 4) is 0 Å². The third-order valence-corrected chi connectivity index (χ3v) is 3.59. The molecule has 2 aromatic carbocycles. The lowest BCUT2D eigenvalue weighted by Gasteiger charge is -2.05. The molecule has 26 heavy (non-hydrogen) atoms. The van der Waals surface area contributed by atoms with Crippen molar-refractivity contribution >= 4 is 23.1 Å². The van der Waals surface area contributed by atoms with Crippen molar-refractivity contribution in [3.05, 3.63) is 79.4 Å². The second-order valence-corrected chi connectivity index (χ2v) is 5.44. The number of esters is 1. The van der Waals surface area contributed by atoms with E-state index in [1.54, 1.807) is 6.92 Å². The minimum Gasteiger partial charge on any atom is -0.457 e. The topological polar surface area (TPSA) is 130 Å². The van der Waals surface area contributed by atoms with Gasteiger partial charge in [-0.1, -0.05) is 24.3 Å². The third kappa shape index (κ3) is 4.69. The van der Waals surface area contributed by atoms with Crippen LogP contribution in [0.1, 0.15) is 21.5 Å². The van der Waals surface area contributed by atoms with Crippen molar-refractivity contribution in [2.24, 2.45) is 0 Å². The number of rotatable bonds is 7. The largest absolute Gasteiger partial charge is 0.457 e. The fourth-order valence-electron chi connectivity index (χ4n) is 2.16. The van der Waals surface area contributed by atoms with E-state index in [0.717, 1.165) is 6.07 Å². The zero-order valence-corrected chi connectivity index (χ0v) is 13.7. The predicted octanol–water partition coefficient (Wildman–Crippen LogP) is 2.78. The fraction of sp³-hybridized carbons (Fsp3) is 0.176. The number of non-ortho nitro benzene ring substituents is 1. The van der Waals surface area contributed by atoms with Gasteiger partial charge in [0.2, 0.25) is 5.78 Å².